The van der Waals surface area contributed by atoms with Crippen LogP contribution in [0.15, 0.2) is 24.3 Å². The molecule has 0 bridgehead atoms. The van der Waals surface area contributed by atoms with Gasteiger partial charge in [-0.15, -0.1) is 11.3 Å². The monoisotopic (exact) mass is 276 g/mol. The van der Waals surface area contributed by atoms with E-state index in [9.17, 15) is 4.39 Å². The van der Waals surface area contributed by atoms with Crippen LogP contribution in [0.5, 0.6) is 0 Å². The number of halogens is 1. The molecule has 4 heteroatoms. The van der Waals surface area contributed by atoms with Crippen molar-refractivity contribution < 1.29 is 4.39 Å². The number of nitrogens with zero attached hydrogens (tertiary/aromatic N) is 1. The number of thiazole rings is 1. The molecule has 1 aromatic heterocycles. The first kappa shape index (κ1) is 12.8. The molecule has 0 radical (unpaired) electrons. The standard InChI is InChI=1S/C15H17FN2S/c1-10-14(11-2-4-13(16)5-3-11)18-15(19-10)12-6-8-17-9-7-12/h2-5,12,17H,6-9H2,1H3. The zero-order valence-corrected chi connectivity index (χ0v) is 11.8. The zero-order chi connectivity index (χ0) is 13.2. The minimum atomic E-state index is -0.199. The van der Waals surface area contributed by atoms with Crippen molar-refractivity contribution in [2.24, 2.45) is 0 Å². The van der Waals surface area contributed by atoms with E-state index in [0.717, 1.165) is 37.2 Å². The fourth-order valence-electron chi connectivity index (χ4n) is 2.54. The Morgan fingerprint density at radius 3 is 2.58 bits per heavy atom. The van der Waals surface area contributed by atoms with Crippen molar-refractivity contribution in [2.45, 2.75) is 25.7 Å². The van der Waals surface area contributed by atoms with Crippen LogP contribution in [-0.4, -0.2) is 18.1 Å². The molecule has 0 spiro atoms. The Bertz CT molecular complexity index is 556. The van der Waals surface area contributed by atoms with E-state index in [4.69, 9.17) is 4.98 Å². The summed E-state index contributed by atoms with van der Waals surface area (Å²) in [7, 11) is 0. The first-order valence-electron chi connectivity index (χ1n) is 6.68. The molecule has 1 fully saturated rings. The average Bonchev–Trinajstić information content (AvgIpc) is 2.83. The molecule has 0 aliphatic carbocycles. The highest BCUT2D eigenvalue weighted by Crippen LogP contribution is 2.34. The molecular formula is C15H17FN2S. The molecule has 2 aromatic rings. The van der Waals surface area contributed by atoms with Gasteiger partial charge in [-0.3, -0.25) is 0 Å². The van der Waals surface area contributed by atoms with Crippen LogP contribution < -0.4 is 5.32 Å². The third kappa shape index (κ3) is 2.69. The Morgan fingerprint density at radius 1 is 1.21 bits per heavy atom. The molecule has 1 aliphatic heterocycles. The second-order valence-corrected chi connectivity index (χ2v) is 6.22. The van der Waals surface area contributed by atoms with Gasteiger partial charge in [-0.05, 0) is 57.1 Å². The molecule has 19 heavy (non-hydrogen) atoms. The summed E-state index contributed by atoms with van der Waals surface area (Å²) in [5.74, 6) is 0.384. The summed E-state index contributed by atoms with van der Waals surface area (Å²) in [4.78, 5) is 6.02. The summed E-state index contributed by atoms with van der Waals surface area (Å²) in [5.41, 5.74) is 2.02. The molecule has 0 atom stereocenters. The number of benzene rings is 1. The van der Waals surface area contributed by atoms with Crippen molar-refractivity contribution in [1.82, 2.24) is 10.3 Å². The quantitative estimate of drug-likeness (QED) is 0.904. The molecular weight excluding hydrogens is 259 g/mol. The Morgan fingerprint density at radius 2 is 1.89 bits per heavy atom. The molecule has 1 N–H and O–H groups in total. The Balaban J connectivity index is 1.90. The first-order valence-corrected chi connectivity index (χ1v) is 7.49. The molecule has 2 nitrogen and oxygen atoms in total. The second kappa shape index (κ2) is 5.39. The molecule has 0 unspecified atom stereocenters. The van der Waals surface area contributed by atoms with Gasteiger partial charge in [0, 0.05) is 16.4 Å². The van der Waals surface area contributed by atoms with Gasteiger partial charge in [0.05, 0.1) is 10.7 Å². The normalized spacial score (nSPS) is 16.7. The first-order chi connectivity index (χ1) is 9.24. The summed E-state index contributed by atoms with van der Waals surface area (Å²) in [6, 6.07) is 6.61. The average molecular weight is 276 g/mol. The molecule has 100 valence electrons. The highest BCUT2D eigenvalue weighted by Gasteiger charge is 2.20. The van der Waals surface area contributed by atoms with Gasteiger partial charge >= 0.3 is 0 Å². The van der Waals surface area contributed by atoms with E-state index in [1.54, 1.807) is 11.3 Å². The topological polar surface area (TPSA) is 24.9 Å². The van der Waals surface area contributed by atoms with Crippen molar-refractivity contribution in [2.75, 3.05) is 13.1 Å². The van der Waals surface area contributed by atoms with Gasteiger partial charge < -0.3 is 5.32 Å². The fourth-order valence-corrected chi connectivity index (χ4v) is 3.65. The van der Waals surface area contributed by atoms with Crippen LogP contribution in [0.2, 0.25) is 0 Å². The Hall–Kier alpha value is -1.26. The minimum Gasteiger partial charge on any atom is -0.317 e. The summed E-state index contributed by atoms with van der Waals surface area (Å²) < 4.78 is 13.0. The maximum absolute atomic E-state index is 13.0. The predicted molar refractivity (Wildman–Crippen MR) is 77.1 cm³/mol. The fraction of sp³-hybridized carbons (Fsp3) is 0.400. The van der Waals surface area contributed by atoms with Crippen molar-refractivity contribution in [1.29, 1.82) is 0 Å². The van der Waals surface area contributed by atoms with E-state index in [1.807, 2.05) is 12.1 Å². The van der Waals surface area contributed by atoms with Crippen LogP contribution in [0, 0.1) is 12.7 Å². The lowest BCUT2D eigenvalue weighted by Crippen LogP contribution is -2.26. The van der Waals surface area contributed by atoms with E-state index in [0.29, 0.717) is 5.92 Å². The molecule has 0 saturated carbocycles. The number of hydrogen-bond acceptors (Lipinski definition) is 3. The second-order valence-electron chi connectivity index (χ2n) is 4.99. The van der Waals surface area contributed by atoms with Crippen molar-refractivity contribution in [3.05, 3.63) is 40.0 Å². The molecule has 3 rings (SSSR count). The van der Waals surface area contributed by atoms with E-state index >= 15 is 0 Å². The number of rotatable bonds is 2. The van der Waals surface area contributed by atoms with Crippen LogP contribution in [0.3, 0.4) is 0 Å². The number of hydrogen-bond donors (Lipinski definition) is 1. The Kier molecular flexibility index (Phi) is 3.62. The summed E-state index contributed by atoms with van der Waals surface area (Å²) in [6.07, 6.45) is 2.33. The van der Waals surface area contributed by atoms with Crippen LogP contribution >= 0.6 is 11.3 Å². The van der Waals surface area contributed by atoms with Gasteiger partial charge in [-0.2, -0.15) is 0 Å². The smallest absolute Gasteiger partial charge is 0.123 e. The lowest BCUT2D eigenvalue weighted by molar-refractivity contribution is 0.459. The summed E-state index contributed by atoms with van der Waals surface area (Å²) >= 11 is 1.79. The maximum atomic E-state index is 13.0. The largest absolute Gasteiger partial charge is 0.317 e. The molecule has 2 heterocycles. The number of aryl methyl sites for hydroxylation is 1. The maximum Gasteiger partial charge on any atom is 0.123 e. The zero-order valence-electron chi connectivity index (χ0n) is 10.9. The Labute approximate surface area is 116 Å². The van der Waals surface area contributed by atoms with Gasteiger partial charge in [0.15, 0.2) is 0 Å². The predicted octanol–water partition coefficient (Wildman–Crippen LogP) is 3.72. The van der Waals surface area contributed by atoms with E-state index in [1.165, 1.54) is 22.0 Å². The highest BCUT2D eigenvalue weighted by molar-refractivity contribution is 7.12. The number of piperidine rings is 1. The van der Waals surface area contributed by atoms with Crippen LogP contribution in [0.1, 0.15) is 28.6 Å². The van der Waals surface area contributed by atoms with Gasteiger partial charge in [0.1, 0.15) is 5.82 Å². The molecule has 1 aliphatic rings. The van der Waals surface area contributed by atoms with Gasteiger partial charge in [-0.1, -0.05) is 0 Å². The SMILES string of the molecule is Cc1sc(C2CCNCC2)nc1-c1ccc(F)cc1. The molecule has 1 aromatic carbocycles. The van der Waals surface area contributed by atoms with Crippen molar-refractivity contribution in [3.63, 3.8) is 0 Å². The van der Waals surface area contributed by atoms with Crippen molar-refractivity contribution in [3.8, 4) is 11.3 Å². The third-order valence-corrected chi connectivity index (χ3v) is 4.75. The van der Waals surface area contributed by atoms with E-state index in [-0.39, 0.29) is 5.82 Å². The van der Waals surface area contributed by atoms with Crippen LogP contribution in [0.25, 0.3) is 11.3 Å². The summed E-state index contributed by atoms with van der Waals surface area (Å²) in [6.45, 7) is 4.26. The number of aromatic nitrogens is 1. The summed E-state index contributed by atoms with van der Waals surface area (Å²) in [5, 5.41) is 4.61. The lowest BCUT2D eigenvalue weighted by Gasteiger charge is -2.20. The van der Waals surface area contributed by atoms with Crippen LogP contribution in [0.4, 0.5) is 4.39 Å². The highest BCUT2D eigenvalue weighted by atomic mass is 32.1. The van der Waals surface area contributed by atoms with Gasteiger partial charge in [0.2, 0.25) is 0 Å². The molecule has 0 amide bonds. The van der Waals surface area contributed by atoms with E-state index in [2.05, 4.69) is 12.2 Å². The van der Waals surface area contributed by atoms with Crippen molar-refractivity contribution >= 4 is 11.3 Å². The van der Waals surface area contributed by atoms with Gasteiger partial charge in [0.25, 0.3) is 0 Å². The third-order valence-electron chi connectivity index (χ3n) is 3.62. The van der Waals surface area contributed by atoms with E-state index < -0.39 is 0 Å². The minimum absolute atomic E-state index is 0.199. The lowest BCUT2D eigenvalue weighted by atomic mass is 9.99. The van der Waals surface area contributed by atoms with Crippen LogP contribution in [-0.2, 0) is 0 Å². The van der Waals surface area contributed by atoms with Gasteiger partial charge in [-0.25, -0.2) is 9.37 Å². The molecule has 1 saturated heterocycles. The number of nitrogens with one attached hydrogen (secondary N) is 1.